The molecule has 0 bridgehead atoms. The third-order valence-electron chi connectivity index (χ3n) is 1.31. The molecule has 3 heteroatoms. The molecule has 1 rings (SSSR count). The van der Waals surface area contributed by atoms with Crippen LogP contribution in [0.15, 0.2) is 37.2 Å². The van der Waals surface area contributed by atoms with Gasteiger partial charge in [0.25, 0.3) is 0 Å². The summed E-state index contributed by atoms with van der Waals surface area (Å²) in [7, 11) is 0. The number of urea groups is 1. The second-order valence-electron chi connectivity index (χ2n) is 2.21. The number of carbonyl (C=O) groups excluding carboxylic acids is 1. The average Bonchev–Trinajstić information content (AvgIpc) is 1.95. The number of nitrogens with zero attached hydrogens (tertiary/aromatic N) is 1. The zero-order chi connectivity index (χ0) is 8.27. The second-order valence-corrected chi connectivity index (χ2v) is 2.21. The lowest BCUT2D eigenvalue weighted by Crippen LogP contribution is -2.38. The van der Waals surface area contributed by atoms with Gasteiger partial charge in [0.2, 0.25) is 0 Å². The molecule has 0 unspecified atom stereocenters. The van der Waals surface area contributed by atoms with Crippen molar-refractivity contribution >= 4 is 6.03 Å². The van der Waals surface area contributed by atoms with Crippen LogP contribution in [0.4, 0.5) is 4.79 Å². The van der Waals surface area contributed by atoms with Crippen molar-refractivity contribution in [1.29, 1.82) is 0 Å². The topological polar surface area (TPSA) is 32.3 Å². The number of nitrogens with one attached hydrogen (secondary N) is 1. The third kappa shape index (κ3) is 1.70. The Hall–Kier alpha value is -1.51. The highest BCUT2D eigenvalue weighted by Crippen LogP contribution is 2.02. The Morgan fingerprint density at radius 3 is 3.00 bits per heavy atom. The molecule has 0 radical (unpaired) electrons. The minimum absolute atomic E-state index is 0.155. The highest BCUT2D eigenvalue weighted by Gasteiger charge is 2.12. The number of hydrogen-bond acceptors (Lipinski definition) is 1. The summed E-state index contributed by atoms with van der Waals surface area (Å²) in [5, 5.41) is 2.57. The zero-order valence-electron chi connectivity index (χ0n) is 6.21. The first-order valence-electron chi connectivity index (χ1n) is 3.29. The molecule has 1 aliphatic heterocycles. The Labute approximate surface area is 65.7 Å². The van der Waals surface area contributed by atoms with Gasteiger partial charge in [-0.3, -0.25) is 4.90 Å². The van der Waals surface area contributed by atoms with Gasteiger partial charge in [0.05, 0.1) is 0 Å². The van der Waals surface area contributed by atoms with Gasteiger partial charge in [-0.25, -0.2) is 4.79 Å². The van der Waals surface area contributed by atoms with Crippen molar-refractivity contribution in [2.75, 3.05) is 6.54 Å². The van der Waals surface area contributed by atoms with Crippen molar-refractivity contribution < 1.29 is 4.79 Å². The van der Waals surface area contributed by atoms with E-state index < -0.39 is 0 Å². The standard InChI is InChI=1S/C8H10N2O/c1-3-5-10-6-4-7(2)9-8(10)11/h3-4,6H,1-2,5H2,(H,9,11). The molecule has 0 aromatic carbocycles. The van der Waals surface area contributed by atoms with E-state index in [0.717, 1.165) is 0 Å². The van der Waals surface area contributed by atoms with Crippen LogP contribution in [0.25, 0.3) is 0 Å². The maximum absolute atomic E-state index is 11.0. The van der Waals surface area contributed by atoms with Crippen molar-refractivity contribution in [3.05, 3.63) is 37.2 Å². The molecule has 0 saturated heterocycles. The molecule has 2 amide bonds. The van der Waals surface area contributed by atoms with Gasteiger partial charge in [-0.15, -0.1) is 6.58 Å². The average molecular weight is 150 g/mol. The largest absolute Gasteiger partial charge is 0.326 e. The predicted octanol–water partition coefficient (Wildman–Crippen LogP) is 1.22. The zero-order valence-corrected chi connectivity index (χ0v) is 6.21. The Morgan fingerprint density at radius 2 is 2.45 bits per heavy atom. The number of hydrogen-bond donors (Lipinski definition) is 1. The molecular weight excluding hydrogens is 140 g/mol. The molecule has 1 aliphatic rings. The number of carbonyl (C=O) groups is 1. The molecule has 11 heavy (non-hydrogen) atoms. The van der Waals surface area contributed by atoms with E-state index in [1.165, 1.54) is 4.90 Å². The van der Waals surface area contributed by atoms with Gasteiger partial charge in [-0.05, 0) is 6.08 Å². The van der Waals surface area contributed by atoms with Crippen LogP contribution >= 0.6 is 0 Å². The van der Waals surface area contributed by atoms with Crippen LogP contribution in [0.3, 0.4) is 0 Å². The number of amides is 2. The lowest BCUT2D eigenvalue weighted by molar-refractivity contribution is 0.220. The lowest BCUT2D eigenvalue weighted by atomic mass is 10.4. The van der Waals surface area contributed by atoms with E-state index in [4.69, 9.17) is 0 Å². The van der Waals surface area contributed by atoms with E-state index in [2.05, 4.69) is 18.5 Å². The van der Waals surface area contributed by atoms with Crippen LogP contribution in [-0.2, 0) is 0 Å². The second kappa shape index (κ2) is 3.05. The molecule has 3 nitrogen and oxygen atoms in total. The summed E-state index contributed by atoms with van der Waals surface area (Å²) in [5.41, 5.74) is 0.621. The van der Waals surface area contributed by atoms with E-state index in [9.17, 15) is 4.79 Å². The van der Waals surface area contributed by atoms with Crippen LogP contribution in [-0.4, -0.2) is 17.5 Å². The summed E-state index contributed by atoms with van der Waals surface area (Å²) in [6, 6.07) is -0.155. The summed E-state index contributed by atoms with van der Waals surface area (Å²) < 4.78 is 0. The smallest absolute Gasteiger partial charge is 0.308 e. The normalized spacial score (nSPS) is 16.5. The summed E-state index contributed by atoms with van der Waals surface area (Å²) in [4.78, 5) is 12.6. The van der Waals surface area contributed by atoms with Crippen LogP contribution in [0.5, 0.6) is 0 Å². The van der Waals surface area contributed by atoms with Gasteiger partial charge in [0.1, 0.15) is 0 Å². The molecule has 0 atom stereocenters. The fourth-order valence-corrected chi connectivity index (χ4v) is 0.781. The maximum Gasteiger partial charge on any atom is 0.326 e. The van der Waals surface area contributed by atoms with E-state index in [1.807, 2.05) is 0 Å². The molecule has 0 aromatic heterocycles. The van der Waals surface area contributed by atoms with Crippen LogP contribution in [0.2, 0.25) is 0 Å². The first kappa shape index (κ1) is 7.60. The Bertz CT molecular complexity index is 230. The van der Waals surface area contributed by atoms with Crippen molar-refractivity contribution in [2.45, 2.75) is 0 Å². The fraction of sp³-hybridized carbons (Fsp3) is 0.125. The van der Waals surface area contributed by atoms with Gasteiger partial charge < -0.3 is 5.32 Å². The van der Waals surface area contributed by atoms with Gasteiger partial charge in [0, 0.05) is 18.4 Å². The number of allylic oxidation sites excluding steroid dienone is 1. The Morgan fingerprint density at radius 1 is 1.73 bits per heavy atom. The molecular formula is C8H10N2O. The first-order valence-corrected chi connectivity index (χ1v) is 3.29. The van der Waals surface area contributed by atoms with Crippen LogP contribution < -0.4 is 5.32 Å². The highest BCUT2D eigenvalue weighted by atomic mass is 16.2. The van der Waals surface area contributed by atoms with E-state index in [0.29, 0.717) is 12.2 Å². The quantitative estimate of drug-likeness (QED) is 0.590. The van der Waals surface area contributed by atoms with Crippen LogP contribution in [0.1, 0.15) is 0 Å². The highest BCUT2D eigenvalue weighted by molar-refractivity contribution is 5.79. The summed E-state index contributed by atoms with van der Waals surface area (Å²) in [6.07, 6.45) is 5.09. The molecule has 0 fully saturated rings. The predicted molar refractivity (Wildman–Crippen MR) is 43.7 cm³/mol. The summed E-state index contributed by atoms with van der Waals surface area (Å²) >= 11 is 0. The summed E-state index contributed by atoms with van der Waals surface area (Å²) in [6.45, 7) is 7.64. The molecule has 0 spiro atoms. The number of rotatable bonds is 2. The fourth-order valence-electron chi connectivity index (χ4n) is 0.781. The van der Waals surface area contributed by atoms with E-state index >= 15 is 0 Å². The SMILES string of the molecule is C=CCN1C=CC(=C)NC1=O. The minimum Gasteiger partial charge on any atom is -0.308 e. The summed E-state index contributed by atoms with van der Waals surface area (Å²) in [5.74, 6) is 0. The lowest BCUT2D eigenvalue weighted by Gasteiger charge is -2.21. The van der Waals surface area contributed by atoms with Crippen LogP contribution in [0, 0.1) is 0 Å². The minimum atomic E-state index is -0.155. The van der Waals surface area contributed by atoms with Crippen molar-refractivity contribution in [2.24, 2.45) is 0 Å². The van der Waals surface area contributed by atoms with Crippen molar-refractivity contribution in [1.82, 2.24) is 10.2 Å². The molecule has 0 aliphatic carbocycles. The van der Waals surface area contributed by atoms with Crippen molar-refractivity contribution in [3.63, 3.8) is 0 Å². The molecule has 0 aromatic rings. The van der Waals surface area contributed by atoms with Gasteiger partial charge in [-0.1, -0.05) is 12.7 Å². The maximum atomic E-state index is 11.0. The van der Waals surface area contributed by atoms with Gasteiger partial charge in [-0.2, -0.15) is 0 Å². The Balaban J connectivity index is 2.67. The Kier molecular flexibility index (Phi) is 2.11. The molecule has 0 saturated carbocycles. The van der Waals surface area contributed by atoms with Gasteiger partial charge >= 0.3 is 6.03 Å². The first-order chi connectivity index (χ1) is 5.24. The molecule has 1 N–H and O–H groups in total. The third-order valence-corrected chi connectivity index (χ3v) is 1.31. The monoisotopic (exact) mass is 150 g/mol. The van der Waals surface area contributed by atoms with Crippen molar-refractivity contribution in [3.8, 4) is 0 Å². The van der Waals surface area contributed by atoms with E-state index in [1.54, 1.807) is 18.4 Å². The van der Waals surface area contributed by atoms with Gasteiger partial charge in [0.15, 0.2) is 0 Å². The van der Waals surface area contributed by atoms with E-state index in [-0.39, 0.29) is 6.03 Å². The molecule has 58 valence electrons. The molecule has 1 heterocycles.